The Morgan fingerprint density at radius 3 is 1.32 bits per heavy atom. The van der Waals surface area contributed by atoms with Crippen LogP contribution in [0.3, 0.4) is 0 Å². The van der Waals surface area contributed by atoms with E-state index in [0.717, 1.165) is 0 Å². The van der Waals surface area contributed by atoms with E-state index in [1.807, 2.05) is 0 Å². The minimum atomic E-state index is -1.85. The zero-order valence-corrected chi connectivity index (χ0v) is 46.5. The molecule has 0 spiro atoms. The van der Waals surface area contributed by atoms with Gasteiger partial charge in [-0.2, -0.15) is 35.3 Å². The number of aromatic hydroxyl groups is 1. The number of carbonyl (C=O) groups excluding carboxylic acids is 8. The van der Waals surface area contributed by atoms with Crippen LogP contribution < -0.4 is 65.5 Å². The molecule has 8 amide bonds. The van der Waals surface area contributed by atoms with Crippen LogP contribution in [0.2, 0.25) is 0 Å². The molecule has 0 aliphatic heterocycles. The summed E-state index contributed by atoms with van der Waals surface area (Å²) in [4.78, 5) is 137. The summed E-state index contributed by atoms with van der Waals surface area (Å²) in [6, 6.07) is -6.63. The SMILES string of the molecule is CSCCC(NC(=O)C(CCCCN)NC(=O)C(CCSC)NC(=O)C(NC(=O)C(CCSC)NC(=O)C(Cc1ccc(O)cc1)NC(=O)C(C)N)C(C)O)C(=O)NC(CCCN=C(N)N)C(=O)NC(CC(=O)O)C(=O)O. The minimum absolute atomic E-state index is 0.00108. The van der Waals surface area contributed by atoms with Crippen LogP contribution in [0.25, 0.3) is 0 Å². The van der Waals surface area contributed by atoms with Crippen molar-refractivity contribution in [1.29, 1.82) is 0 Å². The van der Waals surface area contributed by atoms with Gasteiger partial charge in [0.1, 0.15) is 54.1 Å². The summed E-state index contributed by atoms with van der Waals surface area (Å²) in [5.74, 6) is -9.34. The molecule has 20 N–H and O–H groups in total. The molecule has 30 heteroatoms. The number of rotatable bonds is 39. The lowest BCUT2D eigenvalue weighted by Gasteiger charge is -2.29. The van der Waals surface area contributed by atoms with Crippen molar-refractivity contribution in [1.82, 2.24) is 42.5 Å². The molecule has 10 atom stereocenters. The number of carboxylic acid groups (broad SMARTS) is 2. The molecular formula is C47H79N13O14S3. The third-order valence-corrected chi connectivity index (χ3v) is 13.3. The van der Waals surface area contributed by atoms with Crippen molar-refractivity contribution in [2.24, 2.45) is 27.9 Å². The van der Waals surface area contributed by atoms with Crippen molar-refractivity contribution in [3.05, 3.63) is 29.8 Å². The second-order valence-electron chi connectivity index (χ2n) is 17.8. The summed E-state index contributed by atoms with van der Waals surface area (Å²) in [7, 11) is 0. The van der Waals surface area contributed by atoms with Gasteiger partial charge >= 0.3 is 11.9 Å². The molecule has 0 heterocycles. The smallest absolute Gasteiger partial charge is 0.326 e. The number of aliphatic imine (C=N–C) groups is 1. The van der Waals surface area contributed by atoms with Crippen LogP contribution in [0.4, 0.5) is 0 Å². The van der Waals surface area contributed by atoms with E-state index < -0.39 is 126 Å². The number of thioether (sulfide) groups is 3. The van der Waals surface area contributed by atoms with Crippen LogP contribution in [-0.2, 0) is 54.4 Å². The number of carbonyl (C=O) groups is 10. The Morgan fingerprint density at radius 2 is 0.935 bits per heavy atom. The van der Waals surface area contributed by atoms with Crippen molar-refractivity contribution in [2.75, 3.05) is 49.1 Å². The van der Waals surface area contributed by atoms with Crippen LogP contribution in [0, 0.1) is 0 Å². The lowest BCUT2D eigenvalue weighted by molar-refractivity contribution is -0.147. The minimum Gasteiger partial charge on any atom is -0.508 e. The highest BCUT2D eigenvalue weighted by molar-refractivity contribution is 7.98. The number of nitrogens with zero attached hydrogens (tertiary/aromatic N) is 1. The monoisotopic (exact) mass is 1150 g/mol. The van der Waals surface area contributed by atoms with E-state index in [1.54, 1.807) is 30.9 Å². The molecule has 0 saturated carbocycles. The lowest BCUT2D eigenvalue weighted by Crippen LogP contribution is -2.62. The summed E-state index contributed by atoms with van der Waals surface area (Å²) in [5, 5.41) is 59.6. The largest absolute Gasteiger partial charge is 0.508 e. The number of amides is 8. The van der Waals surface area contributed by atoms with Gasteiger partial charge in [-0.1, -0.05) is 12.1 Å². The van der Waals surface area contributed by atoms with E-state index in [1.165, 1.54) is 61.3 Å². The number of hydrogen-bond acceptors (Lipinski definition) is 18. The Bertz CT molecular complexity index is 2120. The molecule has 0 fully saturated rings. The highest BCUT2D eigenvalue weighted by Crippen LogP contribution is 2.14. The Morgan fingerprint density at radius 1 is 0.545 bits per heavy atom. The molecule has 1 rings (SSSR count). The molecule has 0 bridgehead atoms. The number of carboxylic acids is 2. The fourth-order valence-corrected chi connectivity index (χ4v) is 8.50. The fraction of sp³-hybridized carbons (Fsp3) is 0.638. The molecule has 0 radical (unpaired) electrons. The number of hydrogen-bond donors (Lipinski definition) is 16. The molecule has 27 nitrogen and oxygen atoms in total. The van der Waals surface area contributed by atoms with Gasteiger partial charge in [0.15, 0.2) is 5.96 Å². The molecular weight excluding hydrogens is 1070 g/mol. The van der Waals surface area contributed by atoms with E-state index in [-0.39, 0.29) is 69.7 Å². The second kappa shape index (κ2) is 37.7. The number of guanidine groups is 1. The lowest BCUT2D eigenvalue weighted by atomic mass is 10.0. The standard InChI is InChI=1S/C47H79N13O14S3/c1-25(49)38(65)58-34(23-27-11-13-28(62)14-12-27)44(71)56-33(17-22-77-5)43(70)60-37(26(2)61)45(72)57-32(16-21-76-4)42(69)53-29(9-6-7-18-48)39(66)55-31(15-20-75-3)41(68)54-30(10-8-19-52-47(50)51)40(67)59-35(46(73)74)24-36(63)64/h11-14,25-26,29-35,37,61-62H,6-10,15-24,48-49H2,1-5H3,(H,53,69)(H,54,68)(H,55,66)(H,56,71)(H,57,72)(H,58,65)(H,59,67)(H,60,70)(H,63,64)(H,73,74)(H4,50,51,52). The van der Waals surface area contributed by atoms with Gasteiger partial charge in [-0.25, -0.2) is 4.79 Å². The maximum Gasteiger partial charge on any atom is 0.326 e. The molecule has 0 saturated heterocycles. The van der Waals surface area contributed by atoms with Gasteiger partial charge in [0.2, 0.25) is 47.3 Å². The zero-order valence-electron chi connectivity index (χ0n) is 44.0. The van der Waals surface area contributed by atoms with Gasteiger partial charge < -0.3 is 85.9 Å². The summed E-state index contributed by atoms with van der Waals surface area (Å²) in [5.41, 5.74) is 22.9. The Kier molecular flexibility index (Phi) is 33.7. The zero-order chi connectivity index (χ0) is 58.2. The number of unbranched alkanes of at least 4 members (excludes halogenated alkanes) is 1. The Labute approximate surface area is 460 Å². The predicted molar refractivity (Wildman–Crippen MR) is 294 cm³/mol. The number of benzene rings is 1. The van der Waals surface area contributed by atoms with E-state index in [4.69, 9.17) is 22.9 Å². The maximum absolute atomic E-state index is 14.2. The van der Waals surface area contributed by atoms with Crippen LogP contribution in [-0.4, -0.2) is 195 Å². The summed E-state index contributed by atoms with van der Waals surface area (Å²) in [6.07, 6.45) is 3.43. The number of aliphatic carboxylic acids is 2. The average molecular weight is 1150 g/mol. The summed E-state index contributed by atoms with van der Waals surface area (Å²) in [6.45, 7) is 2.88. The average Bonchev–Trinajstić information content (AvgIpc) is 3.36. The molecule has 0 aromatic heterocycles. The van der Waals surface area contributed by atoms with Gasteiger partial charge in [0.25, 0.3) is 0 Å². The number of aliphatic hydroxyl groups is 1. The van der Waals surface area contributed by atoms with Crippen molar-refractivity contribution in [2.45, 2.75) is 139 Å². The fourth-order valence-electron chi connectivity index (χ4n) is 7.08. The molecule has 1 aromatic rings. The molecule has 0 aliphatic carbocycles. The van der Waals surface area contributed by atoms with E-state index in [0.29, 0.717) is 35.7 Å². The van der Waals surface area contributed by atoms with Crippen molar-refractivity contribution in [3.8, 4) is 5.75 Å². The second-order valence-corrected chi connectivity index (χ2v) is 20.8. The van der Waals surface area contributed by atoms with Crippen molar-refractivity contribution in [3.63, 3.8) is 0 Å². The number of nitrogens with two attached hydrogens (primary N) is 4. The van der Waals surface area contributed by atoms with Crippen LogP contribution in [0.5, 0.6) is 5.75 Å². The van der Waals surface area contributed by atoms with Gasteiger partial charge in [0, 0.05) is 13.0 Å². The first kappa shape index (κ1) is 68.9. The molecule has 0 aliphatic rings. The number of phenols is 1. The maximum atomic E-state index is 14.2. The van der Waals surface area contributed by atoms with E-state index in [2.05, 4.69) is 47.5 Å². The molecule has 1 aromatic carbocycles. The van der Waals surface area contributed by atoms with Crippen LogP contribution >= 0.6 is 35.3 Å². The van der Waals surface area contributed by atoms with Crippen LogP contribution in [0.15, 0.2) is 29.3 Å². The van der Waals surface area contributed by atoms with Gasteiger partial charge in [0.05, 0.1) is 18.6 Å². The summed E-state index contributed by atoms with van der Waals surface area (Å²) >= 11 is 4.01. The third kappa shape index (κ3) is 27.7. The predicted octanol–water partition coefficient (Wildman–Crippen LogP) is -3.46. The number of nitrogens with one attached hydrogen (secondary N) is 8. The first-order chi connectivity index (χ1) is 36.4. The highest BCUT2D eigenvalue weighted by Gasteiger charge is 2.36. The topological polar surface area (TPSA) is 464 Å². The number of aliphatic hydroxyl groups excluding tert-OH is 1. The molecule has 10 unspecified atom stereocenters. The normalized spacial score (nSPS) is 14.9. The first-order valence-electron chi connectivity index (χ1n) is 24.7. The van der Waals surface area contributed by atoms with Gasteiger partial charge in [-0.05, 0) is 125 Å². The van der Waals surface area contributed by atoms with Crippen LogP contribution in [0.1, 0.15) is 77.2 Å². The quantitative estimate of drug-likeness (QED) is 0.0173. The van der Waals surface area contributed by atoms with Crippen molar-refractivity contribution >= 4 is 100 Å². The van der Waals surface area contributed by atoms with E-state index >= 15 is 0 Å². The van der Waals surface area contributed by atoms with Crippen molar-refractivity contribution < 1.29 is 68.4 Å². The third-order valence-electron chi connectivity index (χ3n) is 11.4. The van der Waals surface area contributed by atoms with Gasteiger partial charge in [-0.15, -0.1) is 0 Å². The summed E-state index contributed by atoms with van der Waals surface area (Å²) < 4.78 is 0. The number of phenolic OH excluding ortho intramolecular Hbond substituents is 1. The Hall–Kier alpha value is -6.08. The van der Waals surface area contributed by atoms with Gasteiger partial charge in [-0.3, -0.25) is 48.1 Å². The highest BCUT2D eigenvalue weighted by atomic mass is 32.2. The van der Waals surface area contributed by atoms with E-state index in [9.17, 15) is 68.4 Å². The Balaban J connectivity index is 3.48. The first-order valence-corrected chi connectivity index (χ1v) is 28.9. The molecule has 434 valence electrons. The molecule has 77 heavy (non-hydrogen) atoms.